The minimum absolute atomic E-state index is 0.0247. The molecule has 8 nitrogen and oxygen atoms in total. The Morgan fingerprint density at radius 3 is 2.56 bits per heavy atom. The summed E-state index contributed by atoms with van der Waals surface area (Å²) in [6.07, 6.45) is 6.07. The van der Waals surface area contributed by atoms with Gasteiger partial charge >= 0.3 is 0 Å². The molecule has 1 saturated carbocycles. The van der Waals surface area contributed by atoms with Crippen LogP contribution in [0.2, 0.25) is 0 Å². The molecule has 1 aliphatic carbocycles. The van der Waals surface area contributed by atoms with Crippen LogP contribution in [0.1, 0.15) is 56.6 Å². The molecule has 10 heteroatoms. The van der Waals surface area contributed by atoms with Gasteiger partial charge in [-0.15, -0.1) is 11.3 Å². The van der Waals surface area contributed by atoms with Gasteiger partial charge < -0.3 is 20.3 Å². The Bertz CT molecular complexity index is 933. The first-order valence-electron chi connectivity index (χ1n) is 11.5. The second-order valence-electron chi connectivity index (χ2n) is 8.22. The van der Waals surface area contributed by atoms with Crippen molar-refractivity contribution in [1.82, 2.24) is 15.2 Å². The lowest BCUT2D eigenvalue weighted by atomic mass is 9.91. The van der Waals surface area contributed by atoms with Gasteiger partial charge in [0.2, 0.25) is 17.7 Å². The number of halogens is 1. The summed E-state index contributed by atoms with van der Waals surface area (Å²) in [6.45, 7) is 0.617. The van der Waals surface area contributed by atoms with Crippen molar-refractivity contribution in [2.75, 3.05) is 25.6 Å². The van der Waals surface area contributed by atoms with Crippen LogP contribution in [-0.4, -0.2) is 53.9 Å². The smallest absolute Gasteiger partial charge is 0.247 e. The molecule has 3 amide bonds. The molecule has 2 N–H and O–H groups in total. The largest absolute Gasteiger partial charge is 0.383 e. The molecule has 1 aromatic heterocycles. The Morgan fingerprint density at radius 2 is 1.91 bits per heavy atom. The van der Waals surface area contributed by atoms with Crippen LogP contribution in [0.15, 0.2) is 35.8 Å². The molecule has 34 heavy (non-hydrogen) atoms. The number of anilines is 1. The summed E-state index contributed by atoms with van der Waals surface area (Å²) in [7, 11) is 1.54. The number of thiazole rings is 1. The molecule has 0 radical (unpaired) electrons. The fraction of sp³-hybridized carbons (Fsp3) is 0.500. The van der Waals surface area contributed by atoms with E-state index in [-0.39, 0.29) is 43.1 Å². The van der Waals surface area contributed by atoms with E-state index < -0.39 is 11.9 Å². The number of rotatable bonds is 11. The molecular formula is C24H31FN4O4S. The normalized spacial score (nSPS) is 14.9. The minimum atomic E-state index is -0.921. The zero-order chi connectivity index (χ0) is 24.3. The average molecular weight is 491 g/mol. The maximum Gasteiger partial charge on any atom is 0.247 e. The number of hydrogen-bond acceptors (Lipinski definition) is 6. The van der Waals surface area contributed by atoms with Crippen LogP contribution in [0.5, 0.6) is 0 Å². The van der Waals surface area contributed by atoms with Gasteiger partial charge in [-0.05, 0) is 30.5 Å². The van der Waals surface area contributed by atoms with E-state index in [1.54, 1.807) is 16.5 Å². The zero-order valence-electron chi connectivity index (χ0n) is 19.3. The molecule has 0 bridgehead atoms. The number of carbonyl (C=O) groups excluding carboxylic acids is 3. The van der Waals surface area contributed by atoms with Gasteiger partial charge in [0.25, 0.3) is 0 Å². The van der Waals surface area contributed by atoms with Crippen molar-refractivity contribution in [3.8, 4) is 0 Å². The lowest BCUT2D eigenvalue weighted by molar-refractivity contribution is -0.145. The quantitative estimate of drug-likeness (QED) is 0.468. The summed E-state index contributed by atoms with van der Waals surface area (Å²) in [5, 5.41) is 7.74. The number of nitrogens with one attached hydrogen (secondary N) is 2. The Hall–Kier alpha value is -2.85. The van der Waals surface area contributed by atoms with E-state index in [1.807, 2.05) is 0 Å². The van der Waals surface area contributed by atoms with E-state index in [0.717, 1.165) is 32.1 Å². The molecule has 0 unspecified atom stereocenters. The van der Waals surface area contributed by atoms with E-state index in [0.29, 0.717) is 17.3 Å². The summed E-state index contributed by atoms with van der Waals surface area (Å²) in [5.74, 6) is -1.36. The number of nitrogens with zero attached hydrogens (tertiary/aromatic N) is 2. The molecule has 2 aromatic rings. The monoisotopic (exact) mass is 490 g/mol. The first-order valence-corrected chi connectivity index (χ1v) is 12.4. The van der Waals surface area contributed by atoms with Crippen LogP contribution in [0.25, 0.3) is 0 Å². The van der Waals surface area contributed by atoms with Crippen molar-refractivity contribution in [1.29, 1.82) is 0 Å². The van der Waals surface area contributed by atoms with Crippen LogP contribution < -0.4 is 10.6 Å². The predicted octanol–water partition coefficient (Wildman–Crippen LogP) is 3.67. The second kappa shape index (κ2) is 13.1. The van der Waals surface area contributed by atoms with Gasteiger partial charge in [0.1, 0.15) is 11.9 Å². The summed E-state index contributed by atoms with van der Waals surface area (Å²) in [5.41, 5.74) is 0.530. The number of amides is 3. The summed E-state index contributed by atoms with van der Waals surface area (Å²) < 4.78 is 18.7. The standard InChI is InChI=1S/C24H31FN4O4S/c1-33-15-13-26-23(32)22(17-7-9-18(25)10-8-17)29(19-5-3-2-4-6-19)21(31)12-11-20(30)28-24-27-14-16-34-24/h7-10,14,16,19,22H,2-6,11-13,15H2,1H3,(H,26,32)(H,27,28,30)/t22-/m0/s1. The molecule has 0 aliphatic heterocycles. The molecule has 1 fully saturated rings. The highest BCUT2D eigenvalue weighted by molar-refractivity contribution is 7.13. The lowest BCUT2D eigenvalue weighted by Gasteiger charge is -2.39. The van der Waals surface area contributed by atoms with Crippen LogP contribution >= 0.6 is 11.3 Å². The van der Waals surface area contributed by atoms with Crippen LogP contribution in [-0.2, 0) is 19.1 Å². The number of ether oxygens (including phenoxy) is 1. The van der Waals surface area contributed by atoms with Crippen molar-refractivity contribution in [3.05, 3.63) is 47.2 Å². The minimum Gasteiger partial charge on any atom is -0.383 e. The maximum absolute atomic E-state index is 13.6. The highest BCUT2D eigenvalue weighted by atomic mass is 32.1. The zero-order valence-corrected chi connectivity index (χ0v) is 20.1. The second-order valence-corrected chi connectivity index (χ2v) is 9.11. The van der Waals surface area contributed by atoms with Crippen molar-refractivity contribution in [2.45, 2.75) is 57.0 Å². The molecular weight excluding hydrogens is 459 g/mol. The third kappa shape index (κ3) is 7.33. The number of carbonyl (C=O) groups is 3. The van der Waals surface area contributed by atoms with Gasteiger partial charge in [-0.3, -0.25) is 14.4 Å². The van der Waals surface area contributed by atoms with Crippen LogP contribution in [0, 0.1) is 5.82 Å². The summed E-state index contributed by atoms with van der Waals surface area (Å²) >= 11 is 1.30. The summed E-state index contributed by atoms with van der Waals surface area (Å²) in [4.78, 5) is 44.8. The predicted molar refractivity (Wildman–Crippen MR) is 128 cm³/mol. The fourth-order valence-electron chi connectivity index (χ4n) is 4.19. The Morgan fingerprint density at radius 1 is 1.18 bits per heavy atom. The first kappa shape index (κ1) is 25.8. The third-order valence-electron chi connectivity index (χ3n) is 5.82. The Kier molecular flexibility index (Phi) is 9.96. The van der Waals surface area contributed by atoms with Crippen LogP contribution in [0.4, 0.5) is 9.52 Å². The van der Waals surface area contributed by atoms with Crippen molar-refractivity contribution >= 4 is 34.2 Å². The van der Waals surface area contributed by atoms with Gasteiger partial charge in [-0.1, -0.05) is 31.4 Å². The SMILES string of the molecule is COCCNC(=O)[C@H](c1ccc(F)cc1)N(C(=O)CCC(=O)Nc1nccs1)C1CCCCC1. The van der Waals surface area contributed by atoms with E-state index >= 15 is 0 Å². The molecule has 184 valence electrons. The molecule has 3 rings (SSSR count). The van der Waals surface area contributed by atoms with Gasteiger partial charge in [0, 0.05) is 44.1 Å². The molecule has 1 atom stereocenters. The molecule has 1 aromatic carbocycles. The maximum atomic E-state index is 13.6. The number of hydrogen-bond donors (Lipinski definition) is 2. The van der Waals surface area contributed by atoms with E-state index in [9.17, 15) is 18.8 Å². The number of aromatic nitrogens is 1. The highest BCUT2D eigenvalue weighted by Gasteiger charge is 2.36. The van der Waals surface area contributed by atoms with E-state index in [1.165, 1.54) is 42.7 Å². The van der Waals surface area contributed by atoms with Gasteiger partial charge in [-0.25, -0.2) is 9.37 Å². The third-order valence-corrected chi connectivity index (χ3v) is 6.51. The highest BCUT2D eigenvalue weighted by Crippen LogP contribution is 2.32. The molecule has 1 heterocycles. The number of methoxy groups -OCH3 is 1. The van der Waals surface area contributed by atoms with Gasteiger partial charge in [0.15, 0.2) is 5.13 Å². The van der Waals surface area contributed by atoms with Gasteiger partial charge in [0.05, 0.1) is 6.61 Å². The van der Waals surface area contributed by atoms with Crippen LogP contribution in [0.3, 0.4) is 0 Å². The average Bonchev–Trinajstić information content (AvgIpc) is 3.35. The lowest BCUT2D eigenvalue weighted by Crippen LogP contribution is -2.49. The summed E-state index contributed by atoms with van der Waals surface area (Å²) in [6, 6.07) is 4.59. The van der Waals surface area contributed by atoms with Crippen molar-refractivity contribution < 1.29 is 23.5 Å². The Labute approximate surface area is 202 Å². The van der Waals surface area contributed by atoms with E-state index in [4.69, 9.17) is 4.74 Å². The fourth-order valence-corrected chi connectivity index (χ4v) is 4.74. The van der Waals surface area contributed by atoms with E-state index in [2.05, 4.69) is 15.6 Å². The van der Waals surface area contributed by atoms with Crippen molar-refractivity contribution in [2.24, 2.45) is 0 Å². The van der Waals surface area contributed by atoms with Gasteiger partial charge in [-0.2, -0.15) is 0 Å². The Balaban J connectivity index is 1.82. The van der Waals surface area contributed by atoms with Crippen molar-refractivity contribution in [3.63, 3.8) is 0 Å². The molecule has 0 saturated heterocycles. The first-order chi connectivity index (χ1) is 16.5. The topological polar surface area (TPSA) is 101 Å². The number of benzene rings is 1. The molecule has 1 aliphatic rings. The molecule has 0 spiro atoms.